The summed E-state index contributed by atoms with van der Waals surface area (Å²) in [5.41, 5.74) is 5.62. The Hall–Kier alpha value is -0.120. The van der Waals surface area contributed by atoms with Crippen LogP contribution in [0.1, 0.15) is 34.1 Å². The van der Waals surface area contributed by atoms with Gasteiger partial charge in [-0.15, -0.1) is 0 Å². The molecule has 3 heteroatoms. The molecule has 0 saturated carbocycles. The highest BCUT2D eigenvalue weighted by molar-refractivity contribution is 4.71. The number of ether oxygens (including phenoxy) is 1. The Morgan fingerprint density at radius 2 is 2.00 bits per heavy atom. The molecule has 0 fully saturated rings. The first kappa shape index (κ1) is 14.9. The van der Waals surface area contributed by atoms with Crippen LogP contribution < -0.4 is 5.73 Å². The fraction of sp³-hybridized carbons (Fsp3) is 1.00. The minimum atomic E-state index is -0.0145. The summed E-state index contributed by atoms with van der Waals surface area (Å²) in [6.45, 7) is 12.7. The van der Waals surface area contributed by atoms with E-state index in [2.05, 4.69) is 32.6 Å². The van der Waals surface area contributed by atoms with E-state index < -0.39 is 0 Å². The van der Waals surface area contributed by atoms with Crippen LogP contribution in [-0.4, -0.2) is 43.8 Å². The molecule has 0 aliphatic heterocycles. The Labute approximate surface area is 95.0 Å². The highest BCUT2D eigenvalue weighted by Crippen LogP contribution is 2.13. The van der Waals surface area contributed by atoms with Gasteiger partial charge in [0.1, 0.15) is 0 Å². The molecule has 0 aromatic carbocycles. The second-order valence-corrected chi connectivity index (χ2v) is 4.95. The lowest BCUT2D eigenvalue weighted by molar-refractivity contribution is 0.00696. The molecule has 2 N–H and O–H groups in total. The van der Waals surface area contributed by atoms with E-state index in [0.717, 1.165) is 32.6 Å². The van der Waals surface area contributed by atoms with E-state index >= 15 is 0 Å². The molecule has 0 aromatic heterocycles. The summed E-state index contributed by atoms with van der Waals surface area (Å²) in [7, 11) is 1.78. The fourth-order valence-corrected chi connectivity index (χ4v) is 1.42. The van der Waals surface area contributed by atoms with E-state index in [1.54, 1.807) is 7.11 Å². The predicted molar refractivity (Wildman–Crippen MR) is 66.0 cm³/mol. The summed E-state index contributed by atoms with van der Waals surface area (Å²) in [4.78, 5) is 2.44. The first-order valence-electron chi connectivity index (χ1n) is 5.92. The van der Waals surface area contributed by atoms with Crippen LogP contribution in [-0.2, 0) is 4.74 Å². The maximum Gasteiger partial charge on any atom is 0.0634 e. The number of rotatable bonds is 8. The summed E-state index contributed by atoms with van der Waals surface area (Å²) < 4.78 is 5.41. The van der Waals surface area contributed by atoms with Gasteiger partial charge < -0.3 is 15.4 Å². The van der Waals surface area contributed by atoms with E-state index in [4.69, 9.17) is 10.5 Å². The normalized spacial score (nSPS) is 14.6. The van der Waals surface area contributed by atoms with Gasteiger partial charge in [-0.2, -0.15) is 0 Å². The van der Waals surface area contributed by atoms with Gasteiger partial charge in [-0.3, -0.25) is 0 Å². The van der Waals surface area contributed by atoms with E-state index in [1.807, 2.05) is 0 Å². The number of nitrogens with zero attached hydrogens (tertiary/aromatic N) is 1. The highest BCUT2D eigenvalue weighted by Gasteiger charge is 2.18. The van der Waals surface area contributed by atoms with Crippen molar-refractivity contribution in [3.05, 3.63) is 0 Å². The van der Waals surface area contributed by atoms with E-state index in [-0.39, 0.29) is 5.60 Å². The van der Waals surface area contributed by atoms with Crippen molar-refractivity contribution in [1.82, 2.24) is 4.90 Å². The Morgan fingerprint density at radius 3 is 2.40 bits per heavy atom. The molecule has 15 heavy (non-hydrogen) atoms. The smallest absolute Gasteiger partial charge is 0.0634 e. The van der Waals surface area contributed by atoms with Gasteiger partial charge in [0.15, 0.2) is 0 Å². The number of hydrogen-bond donors (Lipinski definition) is 1. The van der Waals surface area contributed by atoms with Crippen molar-refractivity contribution in [3.63, 3.8) is 0 Å². The standard InChI is InChI=1S/C12H28N2O/c1-6-14(10-11(2)9-13)8-7-12(3,4)15-5/h11H,6-10,13H2,1-5H3. The van der Waals surface area contributed by atoms with Gasteiger partial charge in [0, 0.05) is 20.2 Å². The molecule has 92 valence electrons. The molecule has 0 saturated heterocycles. The molecule has 0 radical (unpaired) electrons. The Morgan fingerprint density at radius 1 is 1.40 bits per heavy atom. The van der Waals surface area contributed by atoms with Crippen LogP contribution >= 0.6 is 0 Å². The van der Waals surface area contributed by atoms with Crippen molar-refractivity contribution in [3.8, 4) is 0 Å². The summed E-state index contributed by atoms with van der Waals surface area (Å²) in [6.07, 6.45) is 1.06. The molecule has 3 nitrogen and oxygen atoms in total. The molecule has 0 rings (SSSR count). The zero-order valence-corrected chi connectivity index (χ0v) is 11.0. The van der Waals surface area contributed by atoms with Crippen molar-refractivity contribution < 1.29 is 4.74 Å². The Bertz CT molecular complexity index is 160. The largest absolute Gasteiger partial charge is 0.379 e. The topological polar surface area (TPSA) is 38.5 Å². The van der Waals surface area contributed by atoms with Crippen LogP contribution in [0.25, 0.3) is 0 Å². The summed E-state index contributed by atoms with van der Waals surface area (Å²) >= 11 is 0. The molecule has 1 atom stereocenters. The average molecular weight is 216 g/mol. The third kappa shape index (κ3) is 6.88. The van der Waals surface area contributed by atoms with Crippen molar-refractivity contribution in [2.24, 2.45) is 11.7 Å². The summed E-state index contributed by atoms with van der Waals surface area (Å²) in [5, 5.41) is 0. The SMILES string of the molecule is CCN(CCC(C)(C)OC)CC(C)CN. The molecule has 0 aromatic rings. The van der Waals surface area contributed by atoms with Gasteiger partial charge in [-0.05, 0) is 39.3 Å². The van der Waals surface area contributed by atoms with E-state index in [9.17, 15) is 0 Å². The molecule has 0 bridgehead atoms. The molecule has 1 unspecified atom stereocenters. The van der Waals surface area contributed by atoms with Crippen molar-refractivity contribution in [1.29, 1.82) is 0 Å². The van der Waals surface area contributed by atoms with Crippen LogP contribution in [0.15, 0.2) is 0 Å². The van der Waals surface area contributed by atoms with Crippen LogP contribution in [0.2, 0.25) is 0 Å². The fourth-order valence-electron chi connectivity index (χ4n) is 1.42. The minimum Gasteiger partial charge on any atom is -0.379 e. The van der Waals surface area contributed by atoms with Crippen LogP contribution in [0.3, 0.4) is 0 Å². The Balaban J connectivity index is 3.89. The first-order valence-corrected chi connectivity index (χ1v) is 5.92. The molecular formula is C12H28N2O. The van der Waals surface area contributed by atoms with Gasteiger partial charge in [0.05, 0.1) is 5.60 Å². The molecule has 0 aliphatic rings. The lowest BCUT2D eigenvalue weighted by Crippen LogP contribution is -2.36. The van der Waals surface area contributed by atoms with Crippen LogP contribution in [0.5, 0.6) is 0 Å². The maximum absolute atomic E-state index is 5.63. The van der Waals surface area contributed by atoms with E-state index in [1.165, 1.54) is 0 Å². The maximum atomic E-state index is 5.63. The summed E-state index contributed by atoms with van der Waals surface area (Å²) in [6, 6.07) is 0. The van der Waals surface area contributed by atoms with Crippen molar-refractivity contribution in [2.75, 3.05) is 33.3 Å². The highest BCUT2D eigenvalue weighted by atomic mass is 16.5. The van der Waals surface area contributed by atoms with Crippen LogP contribution in [0, 0.1) is 5.92 Å². The quantitative estimate of drug-likeness (QED) is 0.671. The van der Waals surface area contributed by atoms with Crippen molar-refractivity contribution in [2.45, 2.75) is 39.7 Å². The lowest BCUT2D eigenvalue weighted by Gasteiger charge is -2.29. The zero-order valence-electron chi connectivity index (χ0n) is 11.0. The third-order valence-electron chi connectivity index (χ3n) is 3.00. The average Bonchev–Trinajstić information content (AvgIpc) is 2.23. The van der Waals surface area contributed by atoms with Gasteiger partial charge in [0.25, 0.3) is 0 Å². The number of methoxy groups -OCH3 is 1. The molecule has 0 spiro atoms. The molecular weight excluding hydrogens is 188 g/mol. The van der Waals surface area contributed by atoms with Crippen LogP contribution in [0.4, 0.5) is 0 Å². The molecule has 0 heterocycles. The second kappa shape index (κ2) is 7.20. The van der Waals surface area contributed by atoms with Gasteiger partial charge in [-0.25, -0.2) is 0 Å². The molecule has 0 amide bonds. The van der Waals surface area contributed by atoms with Gasteiger partial charge in [0.2, 0.25) is 0 Å². The van der Waals surface area contributed by atoms with Gasteiger partial charge >= 0.3 is 0 Å². The van der Waals surface area contributed by atoms with Crippen molar-refractivity contribution >= 4 is 0 Å². The number of nitrogens with two attached hydrogens (primary N) is 1. The monoisotopic (exact) mass is 216 g/mol. The minimum absolute atomic E-state index is 0.0145. The first-order chi connectivity index (χ1) is 6.95. The number of hydrogen-bond acceptors (Lipinski definition) is 3. The predicted octanol–water partition coefficient (Wildman–Crippen LogP) is 1.72. The lowest BCUT2D eigenvalue weighted by atomic mass is 10.0. The molecule has 0 aliphatic carbocycles. The summed E-state index contributed by atoms with van der Waals surface area (Å²) in [5.74, 6) is 0.579. The second-order valence-electron chi connectivity index (χ2n) is 4.95. The zero-order chi connectivity index (χ0) is 11.9. The van der Waals surface area contributed by atoms with Gasteiger partial charge in [-0.1, -0.05) is 13.8 Å². The third-order valence-corrected chi connectivity index (χ3v) is 3.00. The Kier molecular flexibility index (Phi) is 7.14. The van der Waals surface area contributed by atoms with E-state index in [0.29, 0.717) is 5.92 Å².